The fourth-order valence-corrected chi connectivity index (χ4v) is 8.67. The smallest absolute Gasteiger partial charge is 0.0794 e. The third-order valence-corrected chi connectivity index (χ3v) is 11.9. The molecule has 0 aliphatic heterocycles. The SMILES string of the molecule is c1ccc(-c2ccc(-c3cc(-c4ccc(-c5cc(-c6ccccc6)cc(-c6ccccc6)n5)cc4)c4cc(-c5ccc(-c6ccccc6)cc5)c5ccccc5c4n3)cc2)cc1. The van der Waals surface area contributed by atoms with E-state index in [-0.39, 0.29) is 0 Å². The van der Waals surface area contributed by atoms with Crippen LogP contribution in [0.5, 0.6) is 0 Å². The van der Waals surface area contributed by atoms with Gasteiger partial charge in [-0.2, -0.15) is 0 Å². The van der Waals surface area contributed by atoms with Crippen molar-refractivity contribution in [3.63, 3.8) is 0 Å². The Balaban J connectivity index is 1.07. The van der Waals surface area contributed by atoms with Gasteiger partial charge in [0, 0.05) is 27.5 Å². The maximum Gasteiger partial charge on any atom is 0.0794 e. The number of fused-ring (bicyclic) bond motifs is 3. The van der Waals surface area contributed by atoms with Gasteiger partial charge in [-0.05, 0) is 85.3 Å². The molecule has 0 fully saturated rings. The van der Waals surface area contributed by atoms with E-state index in [9.17, 15) is 0 Å². The zero-order valence-electron chi connectivity index (χ0n) is 34.0. The molecule has 62 heavy (non-hydrogen) atoms. The molecule has 0 N–H and O–H groups in total. The first-order valence-corrected chi connectivity index (χ1v) is 21.1. The zero-order valence-corrected chi connectivity index (χ0v) is 34.0. The van der Waals surface area contributed by atoms with Crippen LogP contribution in [0.2, 0.25) is 0 Å². The molecule has 2 heterocycles. The van der Waals surface area contributed by atoms with E-state index in [1.54, 1.807) is 0 Å². The number of benzene rings is 9. The highest BCUT2D eigenvalue weighted by Gasteiger charge is 2.17. The minimum Gasteiger partial charge on any atom is -0.248 e. The molecule has 2 heteroatoms. The Labute approximate surface area is 362 Å². The summed E-state index contributed by atoms with van der Waals surface area (Å²) in [4.78, 5) is 10.7. The normalized spacial score (nSPS) is 11.2. The highest BCUT2D eigenvalue weighted by molar-refractivity contribution is 6.16. The summed E-state index contributed by atoms with van der Waals surface area (Å²) in [5.74, 6) is 0. The number of hydrogen-bond acceptors (Lipinski definition) is 2. The monoisotopic (exact) mass is 788 g/mol. The summed E-state index contributed by atoms with van der Waals surface area (Å²) in [6.45, 7) is 0. The van der Waals surface area contributed by atoms with Crippen molar-refractivity contribution in [2.45, 2.75) is 0 Å². The highest BCUT2D eigenvalue weighted by atomic mass is 14.7. The Morgan fingerprint density at radius 1 is 0.194 bits per heavy atom. The lowest BCUT2D eigenvalue weighted by Gasteiger charge is -2.16. The molecule has 0 aliphatic carbocycles. The maximum absolute atomic E-state index is 5.48. The van der Waals surface area contributed by atoms with Crippen molar-refractivity contribution in [2.75, 3.05) is 0 Å². The second kappa shape index (κ2) is 16.1. The Morgan fingerprint density at radius 3 is 1.00 bits per heavy atom. The molecular formula is C60H40N2. The number of nitrogens with zero attached hydrogens (tertiary/aromatic N) is 2. The predicted molar refractivity (Wildman–Crippen MR) is 261 cm³/mol. The van der Waals surface area contributed by atoms with E-state index in [0.29, 0.717) is 0 Å². The Morgan fingerprint density at radius 2 is 0.516 bits per heavy atom. The first-order valence-electron chi connectivity index (χ1n) is 21.1. The Bertz CT molecular complexity index is 3270. The lowest BCUT2D eigenvalue weighted by molar-refractivity contribution is 1.32. The van der Waals surface area contributed by atoms with Crippen molar-refractivity contribution in [1.29, 1.82) is 0 Å². The average molecular weight is 789 g/mol. The minimum absolute atomic E-state index is 0.933. The van der Waals surface area contributed by atoms with Gasteiger partial charge in [0.05, 0.1) is 22.6 Å². The summed E-state index contributed by atoms with van der Waals surface area (Å²) in [7, 11) is 0. The average Bonchev–Trinajstić information content (AvgIpc) is 3.37. The third kappa shape index (κ3) is 7.14. The molecule has 0 unspecified atom stereocenters. The molecule has 0 bridgehead atoms. The maximum atomic E-state index is 5.48. The van der Waals surface area contributed by atoms with E-state index in [0.717, 1.165) is 72.3 Å². The van der Waals surface area contributed by atoms with Crippen LogP contribution in [-0.2, 0) is 0 Å². The van der Waals surface area contributed by atoms with E-state index < -0.39 is 0 Å². The molecule has 11 aromatic rings. The van der Waals surface area contributed by atoms with Gasteiger partial charge in [0.2, 0.25) is 0 Å². The van der Waals surface area contributed by atoms with Crippen molar-refractivity contribution in [2.24, 2.45) is 0 Å². The van der Waals surface area contributed by atoms with E-state index in [1.165, 1.54) is 38.8 Å². The van der Waals surface area contributed by atoms with Crippen LogP contribution in [0.3, 0.4) is 0 Å². The van der Waals surface area contributed by atoms with Crippen LogP contribution in [0.1, 0.15) is 0 Å². The van der Waals surface area contributed by atoms with Gasteiger partial charge in [-0.1, -0.05) is 218 Å². The second-order valence-electron chi connectivity index (χ2n) is 15.7. The van der Waals surface area contributed by atoms with E-state index in [2.05, 4.69) is 237 Å². The number of rotatable bonds is 8. The molecule has 0 saturated heterocycles. The molecule has 0 saturated carbocycles. The molecule has 2 nitrogen and oxygen atoms in total. The summed E-state index contributed by atoms with van der Waals surface area (Å²) >= 11 is 0. The van der Waals surface area contributed by atoms with Crippen molar-refractivity contribution in [1.82, 2.24) is 9.97 Å². The van der Waals surface area contributed by atoms with Crippen LogP contribution < -0.4 is 0 Å². The molecule has 9 aromatic carbocycles. The van der Waals surface area contributed by atoms with Gasteiger partial charge in [0.15, 0.2) is 0 Å². The molecule has 11 rings (SSSR count). The van der Waals surface area contributed by atoms with Crippen LogP contribution in [0.15, 0.2) is 243 Å². The lowest BCUT2D eigenvalue weighted by Crippen LogP contribution is -1.94. The molecular weight excluding hydrogens is 749 g/mol. The summed E-state index contributed by atoms with van der Waals surface area (Å²) in [6, 6.07) is 86.5. The fourth-order valence-electron chi connectivity index (χ4n) is 8.67. The molecule has 0 atom stereocenters. The predicted octanol–water partition coefficient (Wildman–Crippen LogP) is 16.1. The number of pyridine rings is 2. The third-order valence-electron chi connectivity index (χ3n) is 11.9. The zero-order chi connectivity index (χ0) is 41.2. The Kier molecular flexibility index (Phi) is 9.57. The summed E-state index contributed by atoms with van der Waals surface area (Å²) in [5, 5.41) is 3.42. The van der Waals surface area contributed by atoms with Gasteiger partial charge in [-0.25, -0.2) is 9.97 Å². The van der Waals surface area contributed by atoms with Crippen LogP contribution in [0.25, 0.3) is 111 Å². The van der Waals surface area contributed by atoms with Crippen molar-refractivity contribution in [3.05, 3.63) is 243 Å². The second-order valence-corrected chi connectivity index (χ2v) is 15.7. The largest absolute Gasteiger partial charge is 0.248 e. The van der Waals surface area contributed by atoms with Gasteiger partial charge < -0.3 is 0 Å². The topological polar surface area (TPSA) is 25.8 Å². The minimum atomic E-state index is 0.933. The molecule has 290 valence electrons. The van der Waals surface area contributed by atoms with E-state index in [4.69, 9.17) is 9.97 Å². The van der Waals surface area contributed by atoms with E-state index in [1.807, 2.05) is 6.07 Å². The van der Waals surface area contributed by atoms with Crippen LogP contribution >= 0.6 is 0 Å². The van der Waals surface area contributed by atoms with Gasteiger partial charge in [0.25, 0.3) is 0 Å². The molecule has 0 radical (unpaired) electrons. The Hall–Kier alpha value is -8.20. The van der Waals surface area contributed by atoms with Crippen LogP contribution in [-0.4, -0.2) is 9.97 Å². The van der Waals surface area contributed by atoms with Crippen molar-refractivity contribution in [3.8, 4) is 89.4 Å². The molecule has 0 aliphatic rings. The summed E-state index contributed by atoms with van der Waals surface area (Å²) in [6.07, 6.45) is 0. The first-order chi connectivity index (χ1) is 30.7. The first kappa shape index (κ1) is 36.8. The van der Waals surface area contributed by atoms with Gasteiger partial charge >= 0.3 is 0 Å². The lowest BCUT2D eigenvalue weighted by atomic mass is 9.90. The summed E-state index contributed by atoms with van der Waals surface area (Å²) < 4.78 is 0. The van der Waals surface area contributed by atoms with Crippen LogP contribution in [0, 0.1) is 0 Å². The number of hydrogen-bond donors (Lipinski definition) is 0. The standard InChI is InChI=1S/C60H40N2/c1-5-15-41(16-6-1)44-25-29-46(30-26-44)54-39-56-55(40-59(62-60(56)53-24-14-13-23-52(53)54)50-33-27-45(28-34-50)42-17-7-2-8-18-42)47-31-35-49(36-32-47)58-38-51(43-19-9-3-10-20-43)37-57(61-58)48-21-11-4-12-22-48/h1-40H. The van der Waals surface area contributed by atoms with Crippen molar-refractivity contribution >= 4 is 21.7 Å². The highest BCUT2D eigenvalue weighted by Crippen LogP contribution is 2.41. The quantitative estimate of drug-likeness (QED) is 0.143. The summed E-state index contributed by atoms with van der Waals surface area (Å²) in [5.41, 5.74) is 18.7. The van der Waals surface area contributed by atoms with Crippen molar-refractivity contribution < 1.29 is 0 Å². The van der Waals surface area contributed by atoms with E-state index >= 15 is 0 Å². The van der Waals surface area contributed by atoms with Gasteiger partial charge in [-0.3, -0.25) is 0 Å². The number of aromatic nitrogens is 2. The molecule has 0 spiro atoms. The van der Waals surface area contributed by atoms with Crippen LogP contribution in [0.4, 0.5) is 0 Å². The molecule has 0 amide bonds. The van der Waals surface area contributed by atoms with Gasteiger partial charge in [0.1, 0.15) is 0 Å². The molecule has 2 aromatic heterocycles. The van der Waals surface area contributed by atoms with Gasteiger partial charge in [-0.15, -0.1) is 0 Å². The fraction of sp³-hybridized carbons (Fsp3) is 0.